The van der Waals surface area contributed by atoms with Gasteiger partial charge < -0.3 is 9.64 Å². The van der Waals surface area contributed by atoms with E-state index in [4.69, 9.17) is 20.9 Å². The average molecular weight is 492 g/mol. The van der Waals surface area contributed by atoms with Crippen LogP contribution in [-0.2, 0) is 22.4 Å². The summed E-state index contributed by atoms with van der Waals surface area (Å²) in [4.78, 5) is 19.9. The number of hydrogen-bond donors (Lipinski definition) is 2. The highest BCUT2D eigenvalue weighted by Gasteiger charge is 2.19. The molecule has 33 heavy (non-hydrogen) atoms. The predicted molar refractivity (Wildman–Crippen MR) is 127 cm³/mol. The molecule has 1 saturated heterocycles. The number of aromatic nitrogens is 1. The highest BCUT2D eigenvalue weighted by molar-refractivity contribution is 7.77. The monoisotopic (exact) mass is 491 g/mol. The van der Waals surface area contributed by atoms with Gasteiger partial charge >= 0.3 is 0 Å². The van der Waals surface area contributed by atoms with E-state index in [0.29, 0.717) is 37.2 Å². The lowest BCUT2D eigenvalue weighted by Gasteiger charge is -2.28. The molecule has 2 aromatic carbocycles. The van der Waals surface area contributed by atoms with Crippen molar-refractivity contribution in [2.75, 3.05) is 37.7 Å². The minimum atomic E-state index is -2.11. The second kappa shape index (κ2) is 10.7. The van der Waals surface area contributed by atoms with Gasteiger partial charge in [-0.2, -0.15) is 0 Å². The van der Waals surface area contributed by atoms with E-state index in [0.717, 1.165) is 35.7 Å². The number of pyridine rings is 1. The standard InChI is InChI=1S/C23H23ClFN3O4S/c24-22-15(2-1-5-27-33(30)31)11-18(25)13-20(22)23(29)16-3-4-21-17(10-16)12-19(14-26-21)28-6-8-32-9-7-28/h3-4,10-14,27H,1-2,5-9H2,(H,30,31). The van der Waals surface area contributed by atoms with Crippen LogP contribution in [0.1, 0.15) is 27.9 Å². The Morgan fingerprint density at radius 2 is 2.03 bits per heavy atom. The van der Waals surface area contributed by atoms with Crippen molar-refractivity contribution in [2.45, 2.75) is 12.8 Å². The maximum Gasteiger partial charge on any atom is 0.231 e. The highest BCUT2D eigenvalue weighted by atomic mass is 35.5. The third kappa shape index (κ3) is 5.74. The van der Waals surface area contributed by atoms with E-state index < -0.39 is 17.1 Å². The molecule has 0 amide bonds. The number of rotatable bonds is 8. The summed E-state index contributed by atoms with van der Waals surface area (Å²) in [5, 5.41) is 0.993. The minimum Gasteiger partial charge on any atom is -0.378 e. The van der Waals surface area contributed by atoms with E-state index >= 15 is 0 Å². The molecule has 1 aliphatic rings. The Morgan fingerprint density at radius 1 is 1.24 bits per heavy atom. The van der Waals surface area contributed by atoms with Gasteiger partial charge in [-0.05, 0) is 54.8 Å². The molecule has 174 valence electrons. The number of nitrogens with zero attached hydrogens (tertiary/aromatic N) is 2. The Kier molecular flexibility index (Phi) is 7.67. The Hall–Kier alpha value is -2.43. The van der Waals surface area contributed by atoms with Crippen LogP contribution in [0.2, 0.25) is 5.02 Å². The van der Waals surface area contributed by atoms with Gasteiger partial charge in [-0.1, -0.05) is 11.6 Å². The van der Waals surface area contributed by atoms with Crippen molar-refractivity contribution in [3.05, 3.63) is 70.1 Å². The molecule has 0 radical (unpaired) electrons. The second-order valence-corrected chi connectivity index (χ2v) is 8.87. The molecular formula is C23H23ClFN3O4S. The van der Waals surface area contributed by atoms with E-state index in [-0.39, 0.29) is 22.9 Å². The van der Waals surface area contributed by atoms with Crippen molar-refractivity contribution in [3.63, 3.8) is 0 Å². The van der Waals surface area contributed by atoms with Crippen LogP contribution in [0.25, 0.3) is 10.9 Å². The van der Waals surface area contributed by atoms with Gasteiger partial charge in [0.1, 0.15) is 5.82 Å². The number of nitrogens with one attached hydrogen (secondary N) is 1. The fraction of sp³-hybridized carbons (Fsp3) is 0.304. The number of ketones is 1. The quantitative estimate of drug-likeness (QED) is 0.283. The van der Waals surface area contributed by atoms with Gasteiger partial charge in [-0.25, -0.2) is 13.3 Å². The molecule has 7 nitrogen and oxygen atoms in total. The molecule has 2 N–H and O–H groups in total. The van der Waals surface area contributed by atoms with Crippen LogP contribution >= 0.6 is 11.6 Å². The molecule has 3 aromatic rings. The number of fused-ring (bicyclic) bond motifs is 1. The van der Waals surface area contributed by atoms with Crippen LogP contribution in [0.4, 0.5) is 10.1 Å². The number of ether oxygens (including phenoxy) is 1. The molecule has 4 rings (SSSR count). The maximum absolute atomic E-state index is 14.3. The lowest BCUT2D eigenvalue weighted by molar-refractivity contribution is 0.103. The maximum atomic E-state index is 14.3. The minimum absolute atomic E-state index is 0.0852. The first-order valence-corrected chi connectivity index (χ1v) is 12.0. The largest absolute Gasteiger partial charge is 0.378 e. The van der Waals surface area contributed by atoms with Gasteiger partial charge in [0, 0.05) is 36.1 Å². The molecule has 0 spiro atoms. The van der Waals surface area contributed by atoms with Gasteiger partial charge in [0.05, 0.1) is 35.6 Å². The summed E-state index contributed by atoms with van der Waals surface area (Å²) in [6.45, 7) is 3.12. The van der Waals surface area contributed by atoms with E-state index in [1.54, 1.807) is 18.2 Å². The van der Waals surface area contributed by atoms with E-state index in [2.05, 4.69) is 14.6 Å². The van der Waals surface area contributed by atoms with Crippen LogP contribution in [0.15, 0.2) is 42.6 Å². The molecule has 10 heteroatoms. The van der Waals surface area contributed by atoms with Gasteiger partial charge in [0.15, 0.2) is 5.78 Å². The Morgan fingerprint density at radius 3 is 2.79 bits per heavy atom. The first kappa shape index (κ1) is 23.7. The van der Waals surface area contributed by atoms with Gasteiger partial charge in [-0.3, -0.25) is 14.3 Å². The summed E-state index contributed by atoms with van der Waals surface area (Å²) in [6, 6.07) is 9.58. The first-order valence-electron chi connectivity index (χ1n) is 10.5. The summed E-state index contributed by atoms with van der Waals surface area (Å²) in [5.41, 5.74) is 2.66. The van der Waals surface area contributed by atoms with Crippen molar-refractivity contribution in [3.8, 4) is 0 Å². The highest BCUT2D eigenvalue weighted by Crippen LogP contribution is 2.28. The van der Waals surface area contributed by atoms with Crippen molar-refractivity contribution in [1.82, 2.24) is 9.71 Å². The second-order valence-electron chi connectivity index (χ2n) is 7.70. The Balaban J connectivity index is 1.60. The van der Waals surface area contributed by atoms with Gasteiger partial charge in [-0.15, -0.1) is 0 Å². The Bertz CT molecular complexity index is 1200. The van der Waals surface area contributed by atoms with Crippen LogP contribution in [0, 0.1) is 5.82 Å². The SMILES string of the molecule is O=C(c1ccc2ncc(N3CCOCC3)cc2c1)c1cc(F)cc(CCCNS(=O)O)c1Cl. The predicted octanol–water partition coefficient (Wildman–Crippen LogP) is 3.75. The van der Waals surface area contributed by atoms with Crippen molar-refractivity contribution >= 4 is 45.2 Å². The zero-order valence-electron chi connectivity index (χ0n) is 17.7. The molecule has 1 atom stereocenters. The molecule has 2 heterocycles. The molecule has 0 aliphatic carbocycles. The van der Waals surface area contributed by atoms with Crippen LogP contribution < -0.4 is 9.62 Å². The summed E-state index contributed by atoms with van der Waals surface area (Å²) >= 11 is 4.35. The molecule has 1 unspecified atom stereocenters. The molecular weight excluding hydrogens is 469 g/mol. The van der Waals surface area contributed by atoms with Gasteiger partial charge in [0.25, 0.3) is 0 Å². The third-order valence-corrected chi connectivity index (χ3v) is 6.41. The van der Waals surface area contributed by atoms with E-state index in [1.165, 1.54) is 6.07 Å². The number of hydrogen-bond acceptors (Lipinski definition) is 5. The molecule has 1 fully saturated rings. The van der Waals surface area contributed by atoms with E-state index in [9.17, 15) is 13.4 Å². The molecule has 1 aliphatic heterocycles. The zero-order valence-corrected chi connectivity index (χ0v) is 19.3. The average Bonchev–Trinajstić information content (AvgIpc) is 2.83. The zero-order chi connectivity index (χ0) is 23.4. The third-order valence-electron chi connectivity index (χ3n) is 5.51. The molecule has 1 aromatic heterocycles. The van der Waals surface area contributed by atoms with Crippen molar-refractivity contribution in [1.29, 1.82) is 0 Å². The Labute approximate surface area is 198 Å². The number of benzene rings is 2. The summed E-state index contributed by atoms with van der Waals surface area (Å²) in [5.74, 6) is -0.942. The number of carbonyl (C=O) groups excluding carboxylic acids is 1. The van der Waals surface area contributed by atoms with Crippen molar-refractivity contribution < 1.29 is 22.7 Å². The normalized spacial score (nSPS) is 15.1. The van der Waals surface area contributed by atoms with Crippen LogP contribution in [0.5, 0.6) is 0 Å². The summed E-state index contributed by atoms with van der Waals surface area (Å²) in [6.07, 6.45) is 2.62. The lowest BCUT2D eigenvalue weighted by Crippen LogP contribution is -2.36. The number of morpholine rings is 1. The number of aryl methyl sites for hydroxylation is 1. The van der Waals surface area contributed by atoms with Crippen molar-refractivity contribution in [2.24, 2.45) is 0 Å². The number of anilines is 1. The lowest BCUT2D eigenvalue weighted by atomic mass is 9.98. The fourth-order valence-electron chi connectivity index (χ4n) is 3.84. The summed E-state index contributed by atoms with van der Waals surface area (Å²) in [7, 11) is 0. The van der Waals surface area contributed by atoms with E-state index in [1.807, 2.05) is 12.3 Å². The first-order chi connectivity index (χ1) is 15.9. The molecule has 0 bridgehead atoms. The smallest absolute Gasteiger partial charge is 0.231 e. The fourth-order valence-corrected chi connectivity index (χ4v) is 4.45. The topological polar surface area (TPSA) is 91.8 Å². The molecule has 0 saturated carbocycles. The number of halogens is 2. The number of carbonyl (C=O) groups is 1. The van der Waals surface area contributed by atoms with Gasteiger partial charge in [0.2, 0.25) is 11.3 Å². The summed E-state index contributed by atoms with van der Waals surface area (Å²) < 4.78 is 41.5. The van der Waals surface area contributed by atoms with Crippen LogP contribution in [0.3, 0.4) is 0 Å². The van der Waals surface area contributed by atoms with Crippen LogP contribution in [-0.4, -0.2) is 52.4 Å².